The van der Waals surface area contributed by atoms with Gasteiger partial charge < -0.3 is 10.4 Å². The third kappa shape index (κ3) is 5.30. The van der Waals surface area contributed by atoms with Crippen LogP contribution in [0.5, 0.6) is 5.75 Å². The zero-order valence-electron chi connectivity index (χ0n) is 18.4. The molecule has 0 spiro atoms. The molecule has 34 heavy (non-hydrogen) atoms. The number of carbonyl (C=O) groups is 2. The van der Waals surface area contributed by atoms with Crippen LogP contribution in [0.25, 0.3) is 17.1 Å². The fourth-order valence-corrected chi connectivity index (χ4v) is 4.29. The van der Waals surface area contributed by atoms with Crippen molar-refractivity contribution in [3.8, 4) is 22.8 Å². The molecule has 9 heteroatoms. The van der Waals surface area contributed by atoms with Crippen molar-refractivity contribution in [2.75, 3.05) is 5.32 Å². The average Bonchev–Trinajstić information content (AvgIpc) is 3.23. The molecular weight excluding hydrogens is 472 g/mol. The maximum atomic E-state index is 12.8. The van der Waals surface area contributed by atoms with Gasteiger partial charge in [-0.25, -0.2) is 0 Å². The Morgan fingerprint density at radius 2 is 1.74 bits per heavy atom. The number of benzene rings is 3. The number of hydrogen-bond donors (Lipinski definition) is 2. The van der Waals surface area contributed by atoms with E-state index in [-0.39, 0.29) is 17.4 Å². The van der Waals surface area contributed by atoms with Crippen molar-refractivity contribution in [2.45, 2.75) is 24.3 Å². The number of hydrogen-bond acceptors (Lipinski definition) is 6. The summed E-state index contributed by atoms with van der Waals surface area (Å²) in [5, 5.41) is 21.8. The van der Waals surface area contributed by atoms with Crippen LogP contribution in [0.2, 0.25) is 5.02 Å². The van der Waals surface area contributed by atoms with Crippen LogP contribution in [-0.2, 0) is 4.79 Å². The van der Waals surface area contributed by atoms with E-state index in [0.29, 0.717) is 27.3 Å². The summed E-state index contributed by atoms with van der Waals surface area (Å²) in [7, 11) is 0. The Morgan fingerprint density at radius 1 is 1.03 bits per heavy atom. The van der Waals surface area contributed by atoms with Crippen LogP contribution in [0.15, 0.2) is 78.0 Å². The van der Waals surface area contributed by atoms with E-state index in [4.69, 9.17) is 11.6 Å². The first-order valence-electron chi connectivity index (χ1n) is 10.4. The highest BCUT2D eigenvalue weighted by atomic mass is 35.5. The van der Waals surface area contributed by atoms with Crippen molar-refractivity contribution in [1.82, 2.24) is 14.8 Å². The van der Waals surface area contributed by atoms with Gasteiger partial charge in [0.2, 0.25) is 5.91 Å². The molecule has 2 N–H and O–H groups in total. The maximum absolute atomic E-state index is 12.8. The SMILES string of the molecule is CC(=O)c1ccc(NC(=O)C(C)Sc2nnc(-c3ccc(O)cc3)n2-c2cccc(Cl)c2)cc1. The first-order chi connectivity index (χ1) is 16.3. The van der Waals surface area contributed by atoms with Crippen molar-refractivity contribution in [3.05, 3.63) is 83.4 Å². The lowest BCUT2D eigenvalue weighted by molar-refractivity contribution is -0.115. The van der Waals surface area contributed by atoms with Crippen molar-refractivity contribution in [1.29, 1.82) is 0 Å². The molecule has 4 rings (SSSR count). The number of aromatic hydroxyl groups is 1. The summed E-state index contributed by atoms with van der Waals surface area (Å²) in [6.45, 7) is 3.27. The Hall–Kier alpha value is -3.62. The van der Waals surface area contributed by atoms with Crippen molar-refractivity contribution < 1.29 is 14.7 Å². The van der Waals surface area contributed by atoms with Gasteiger partial charge in [-0.3, -0.25) is 14.2 Å². The van der Waals surface area contributed by atoms with E-state index >= 15 is 0 Å². The van der Waals surface area contributed by atoms with E-state index in [0.717, 1.165) is 11.3 Å². The first-order valence-corrected chi connectivity index (χ1v) is 11.7. The molecule has 0 bridgehead atoms. The predicted molar refractivity (Wildman–Crippen MR) is 134 cm³/mol. The number of phenols is 1. The Kier molecular flexibility index (Phi) is 7.00. The fourth-order valence-electron chi connectivity index (χ4n) is 3.24. The number of thioether (sulfide) groups is 1. The molecule has 7 nitrogen and oxygen atoms in total. The van der Waals surface area contributed by atoms with Crippen LogP contribution >= 0.6 is 23.4 Å². The first kappa shape index (κ1) is 23.5. The summed E-state index contributed by atoms with van der Waals surface area (Å²) in [6.07, 6.45) is 0. The van der Waals surface area contributed by atoms with Crippen molar-refractivity contribution >= 4 is 40.7 Å². The molecule has 1 unspecified atom stereocenters. The minimum absolute atomic E-state index is 0.0356. The van der Waals surface area contributed by atoms with Crippen LogP contribution in [0.1, 0.15) is 24.2 Å². The number of carbonyl (C=O) groups excluding carboxylic acids is 2. The van der Waals surface area contributed by atoms with E-state index in [1.807, 2.05) is 16.7 Å². The second-order valence-corrected chi connectivity index (χ2v) is 9.30. The summed E-state index contributed by atoms with van der Waals surface area (Å²) in [5.74, 6) is 0.449. The predicted octanol–water partition coefficient (Wildman–Crippen LogP) is 5.62. The smallest absolute Gasteiger partial charge is 0.237 e. The molecular formula is C25H21ClN4O3S. The van der Waals surface area contributed by atoms with Gasteiger partial charge in [-0.05, 0) is 80.6 Å². The van der Waals surface area contributed by atoms with Gasteiger partial charge in [0.25, 0.3) is 0 Å². The van der Waals surface area contributed by atoms with Crippen molar-refractivity contribution in [3.63, 3.8) is 0 Å². The molecule has 0 aliphatic heterocycles. The molecule has 0 fully saturated rings. The molecule has 172 valence electrons. The number of nitrogens with zero attached hydrogens (tertiary/aromatic N) is 3. The van der Waals surface area contributed by atoms with E-state index in [2.05, 4.69) is 15.5 Å². The normalized spacial score (nSPS) is 11.7. The summed E-state index contributed by atoms with van der Waals surface area (Å²) >= 11 is 7.49. The highest BCUT2D eigenvalue weighted by Gasteiger charge is 2.22. The summed E-state index contributed by atoms with van der Waals surface area (Å²) < 4.78 is 1.83. The highest BCUT2D eigenvalue weighted by molar-refractivity contribution is 8.00. The number of halogens is 1. The molecule has 0 aliphatic carbocycles. The van der Waals surface area contributed by atoms with Gasteiger partial charge in [0, 0.05) is 21.8 Å². The quantitative estimate of drug-likeness (QED) is 0.257. The number of amides is 1. The highest BCUT2D eigenvalue weighted by Crippen LogP contribution is 2.32. The topological polar surface area (TPSA) is 97.1 Å². The Labute approximate surface area is 205 Å². The monoisotopic (exact) mass is 492 g/mol. The molecule has 1 aromatic heterocycles. The molecule has 0 radical (unpaired) electrons. The van der Waals surface area contributed by atoms with Gasteiger partial charge in [0.15, 0.2) is 16.8 Å². The van der Waals surface area contributed by atoms with Crippen LogP contribution in [0.3, 0.4) is 0 Å². The zero-order chi connectivity index (χ0) is 24.2. The molecule has 0 saturated heterocycles. The molecule has 0 aliphatic rings. The fraction of sp³-hybridized carbons (Fsp3) is 0.120. The second kappa shape index (κ2) is 10.1. The van der Waals surface area contributed by atoms with Gasteiger partial charge in [-0.1, -0.05) is 29.4 Å². The van der Waals surface area contributed by atoms with Crippen LogP contribution in [0, 0.1) is 0 Å². The van der Waals surface area contributed by atoms with Crippen LogP contribution < -0.4 is 5.32 Å². The van der Waals surface area contributed by atoms with Gasteiger partial charge in [0.05, 0.1) is 10.9 Å². The Bertz CT molecular complexity index is 1340. The van der Waals surface area contributed by atoms with Crippen molar-refractivity contribution in [2.24, 2.45) is 0 Å². The lowest BCUT2D eigenvalue weighted by Crippen LogP contribution is -2.23. The second-order valence-electron chi connectivity index (χ2n) is 7.55. The van der Waals surface area contributed by atoms with E-state index < -0.39 is 5.25 Å². The van der Waals surface area contributed by atoms with Gasteiger partial charge in [-0.15, -0.1) is 10.2 Å². The standard InChI is InChI=1S/C25H21ClN4O3S/c1-15(31)17-6-10-20(11-7-17)27-24(33)16(2)34-25-29-28-23(18-8-12-22(32)13-9-18)30(25)21-5-3-4-19(26)14-21/h3-14,16,32H,1-2H3,(H,27,33). The molecule has 1 heterocycles. The molecule has 1 atom stereocenters. The number of Topliss-reactive ketones (excluding diaryl/α,β-unsaturated/α-hetero) is 1. The van der Waals surface area contributed by atoms with Gasteiger partial charge in [0.1, 0.15) is 5.75 Å². The Morgan fingerprint density at radius 3 is 2.38 bits per heavy atom. The maximum Gasteiger partial charge on any atom is 0.237 e. The Balaban J connectivity index is 1.61. The number of aromatic nitrogens is 3. The summed E-state index contributed by atoms with van der Waals surface area (Å²) in [6, 6.07) is 20.7. The van der Waals surface area contributed by atoms with Crippen LogP contribution in [0.4, 0.5) is 5.69 Å². The van der Waals surface area contributed by atoms with Gasteiger partial charge in [-0.2, -0.15) is 0 Å². The molecule has 3 aromatic carbocycles. The summed E-state index contributed by atoms with van der Waals surface area (Å²) in [4.78, 5) is 24.3. The number of ketones is 1. The minimum Gasteiger partial charge on any atom is -0.508 e. The third-order valence-corrected chi connectivity index (χ3v) is 6.31. The number of rotatable bonds is 7. The molecule has 1 amide bonds. The van der Waals surface area contributed by atoms with Crippen LogP contribution in [-0.4, -0.2) is 36.8 Å². The number of phenolic OH excluding ortho intramolecular Hbond substituents is 1. The average molecular weight is 493 g/mol. The number of nitrogens with one attached hydrogen (secondary N) is 1. The van der Waals surface area contributed by atoms with E-state index in [9.17, 15) is 14.7 Å². The van der Waals surface area contributed by atoms with E-state index in [1.165, 1.54) is 18.7 Å². The molecule has 0 saturated carbocycles. The summed E-state index contributed by atoms with van der Waals surface area (Å²) in [5.41, 5.74) is 2.68. The molecule has 4 aromatic rings. The van der Waals surface area contributed by atoms with E-state index in [1.54, 1.807) is 67.6 Å². The lowest BCUT2D eigenvalue weighted by Gasteiger charge is -2.14. The minimum atomic E-state index is -0.498. The number of anilines is 1. The largest absolute Gasteiger partial charge is 0.508 e. The van der Waals surface area contributed by atoms with Gasteiger partial charge >= 0.3 is 0 Å². The lowest BCUT2D eigenvalue weighted by atomic mass is 10.1. The zero-order valence-corrected chi connectivity index (χ0v) is 20.0. The third-order valence-electron chi connectivity index (χ3n) is 5.04.